The number of methoxy groups -OCH3 is 3. The van der Waals surface area contributed by atoms with E-state index in [9.17, 15) is 8.42 Å². The molecule has 0 aliphatic carbocycles. The normalized spacial score (nSPS) is 18.7. The molecule has 2 aromatic heterocycles. The van der Waals surface area contributed by atoms with Gasteiger partial charge in [-0.15, -0.1) is 10.2 Å². The van der Waals surface area contributed by atoms with Crippen molar-refractivity contribution in [2.24, 2.45) is 0 Å². The van der Waals surface area contributed by atoms with Gasteiger partial charge in [-0.3, -0.25) is 9.29 Å². The van der Waals surface area contributed by atoms with Crippen LogP contribution < -0.4 is 14.2 Å². The summed E-state index contributed by atoms with van der Waals surface area (Å²) in [4.78, 5) is 8.26. The smallest absolute Gasteiger partial charge is 0.243 e. The molecule has 1 aromatic carbocycles. The maximum Gasteiger partial charge on any atom is 0.243 e. The monoisotopic (exact) mass is 566 g/mol. The summed E-state index contributed by atoms with van der Waals surface area (Å²) in [7, 11) is 0.289. The average molecular weight is 567 g/mol. The minimum atomic E-state index is -4.12. The molecule has 12 nitrogen and oxygen atoms in total. The Morgan fingerprint density at radius 3 is 2.29 bits per heavy atom. The van der Waals surface area contributed by atoms with Gasteiger partial charge in [0, 0.05) is 19.5 Å². The van der Waals surface area contributed by atoms with E-state index in [0.717, 1.165) is 6.42 Å². The van der Waals surface area contributed by atoms with Crippen molar-refractivity contribution < 1.29 is 27.4 Å². The van der Waals surface area contributed by atoms with Gasteiger partial charge in [-0.25, -0.2) is 18.4 Å². The van der Waals surface area contributed by atoms with Crippen LogP contribution in [0.4, 0.5) is 5.95 Å². The van der Waals surface area contributed by atoms with Gasteiger partial charge in [0.25, 0.3) is 0 Å². The molecule has 0 saturated carbocycles. The Bertz CT molecular complexity index is 1360. The topological polar surface area (TPSA) is 140 Å². The van der Waals surface area contributed by atoms with Crippen LogP contribution in [0.2, 0.25) is 5.02 Å². The molecule has 1 aliphatic heterocycles. The molecule has 0 bridgehead atoms. The molecule has 206 valence electrons. The number of benzene rings is 1. The molecule has 0 amide bonds. The number of hydrogen-bond acceptors (Lipinski definition) is 10. The third kappa shape index (κ3) is 5.55. The molecule has 4 rings (SSSR count). The van der Waals surface area contributed by atoms with Gasteiger partial charge in [-0.1, -0.05) is 17.7 Å². The van der Waals surface area contributed by atoms with Crippen LogP contribution in [0.3, 0.4) is 0 Å². The molecular weight excluding hydrogens is 536 g/mol. The average Bonchev–Trinajstić information content (AvgIpc) is 3.46. The van der Waals surface area contributed by atoms with Gasteiger partial charge in [0.05, 0.1) is 24.8 Å². The summed E-state index contributed by atoms with van der Waals surface area (Å²) in [5.41, 5.74) is 0.0607. The number of halogens is 1. The van der Waals surface area contributed by atoms with Crippen LogP contribution in [0, 0.1) is 0 Å². The third-order valence-electron chi connectivity index (χ3n) is 6.37. The molecule has 1 fully saturated rings. The second-order valence-corrected chi connectivity index (χ2v) is 11.9. The molecule has 1 saturated heterocycles. The zero-order valence-electron chi connectivity index (χ0n) is 22.0. The fourth-order valence-electron chi connectivity index (χ4n) is 4.37. The standard InChI is InChI=1S/C24H31ClN6O6S/c1-14(20(36-6)21-26-12-15(25)13-27-21)38(32,33)30-23-29-28-22(18-10-11-24(2,3)37-18)31(23)19-16(34-4)8-7-9-17(19)35-5/h7-9,12-14,18,20H,10-11H2,1-6H3,(H,29,30)/t14-,18?,20-/m0/s1. The third-order valence-corrected chi connectivity index (χ3v) is 8.26. The van der Waals surface area contributed by atoms with Crippen molar-refractivity contribution in [3.8, 4) is 17.2 Å². The summed E-state index contributed by atoms with van der Waals surface area (Å²) < 4.78 is 54.3. The van der Waals surface area contributed by atoms with E-state index in [1.165, 1.54) is 40.6 Å². The number of hydrogen-bond donors (Lipinski definition) is 1. The van der Waals surface area contributed by atoms with E-state index in [4.69, 9.17) is 30.5 Å². The zero-order chi connectivity index (χ0) is 27.7. The highest BCUT2D eigenvalue weighted by molar-refractivity contribution is 7.93. The van der Waals surface area contributed by atoms with E-state index in [0.29, 0.717) is 34.5 Å². The number of sulfonamides is 1. The number of aromatic nitrogens is 5. The highest BCUT2D eigenvalue weighted by atomic mass is 35.5. The Morgan fingerprint density at radius 1 is 1.13 bits per heavy atom. The van der Waals surface area contributed by atoms with Gasteiger partial charge in [-0.05, 0) is 45.7 Å². The predicted octanol–water partition coefficient (Wildman–Crippen LogP) is 3.88. The number of ether oxygens (including phenoxy) is 4. The van der Waals surface area contributed by atoms with Gasteiger partial charge in [0.1, 0.15) is 34.6 Å². The number of para-hydroxylation sites is 1. The lowest BCUT2D eigenvalue weighted by molar-refractivity contribution is -0.0207. The highest BCUT2D eigenvalue weighted by Crippen LogP contribution is 2.42. The molecule has 0 spiro atoms. The SMILES string of the molecule is COc1cccc(OC)c1-n1c(NS(=O)(=O)[C@@H](C)[C@H](OC)c2ncc(Cl)cn2)nnc1C1CCC(C)(C)O1. The van der Waals surface area contributed by atoms with Gasteiger partial charge in [0.2, 0.25) is 16.0 Å². The van der Waals surface area contributed by atoms with Crippen LogP contribution in [-0.4, -0.2) is 65.3 Å². The second kappa shape index (κ2) is 11.0. The summed E-state index contributed by atoms with van der Waals surface area (Å²) >= 11 is 5.89. The Labute approximate surface area is 226 Å². The Hall–Kier alpha value is -3.00. The van der Waals surface area contributed by atoms with E-state index in [2.05, 4.69) is 24.9 Å². The highest BCUT2D eigenvalue weighted by Gasteiger charge is 2.39. The second-order valence-electron chi connectivity index (χ2n) is 9.40. The van der Waals surface area contributed by atoms with Crippen LogP contribution in [0.25, 0.3) is 5.69 Å². The van der Waals surface area contributed by atoms with Gasteiger partial charge in [-0.2, -0.15) is 0 Å². The Kier molecular flexibility index (Phi) is 8.12. The summed E-state index contributed by atoms with van der Waals surface area (Å²) in [6.07, 6.45) is 2.80. The van der Waals surface area contributed by atoms with Crippen LogP contribution in [-0.2, 0) is 19.5 Å². The first-order chi connectivity index (χ1) is 18.0. The van der Waals surface area contributed by atoms with E-state index < -0.39 is 27.5 Å². The molecule has 1 aliphatic rings. The number of nitrogens with one attached hydrogen (secondary N) is 1. The summed E-state index contributed by atoms with van der Waals surface area (Å²) in [6, 6.07) is 5.24. The lowest BCUT2D eigenvalue weighted by Crippen LogP contribution is -2.33. The first kappa shape index (κ1) is 28.0. The van der Waals surface area contributed by atoms with Crippen molar-refractivity contribution in [1.82, 2.24) is 24.7 Å². The molecule has 14 heteroatoms. The first-order valence-electron chi connectivity index (χ1n) is 11.9. The van der Waals surface area contributed by atoms with Crippen molar-refractivity contribution >= 4 is 27.6 Å². The molecular formula is C24H31ClN6O6S. The zero-order valence-corrected chi connectivity index (χ0v) is 23.6. The molecule has 3 aromatic rings. The summed E-state index contributed by atoms with van der Waals surface area (Å²) in [6.45, 7) is 5.47. The van der Waals surface area contributed by atoms with E-state index in [-0.39, 0.29) is 17.4 Å². The minimum Gasteiger partial charge on any atom is -0.494 e. The first-order valence-corrected chi connectivity index (χ1v) is 13.8. The number of anilines is 1. The fraction of sp³-hybridized carbons (Fsp3) is 0.500. The lowest BCUT2D eigenvalue weighted by atomic mass is 10.1. The molecule has 0 radical (unpaired) electrons. The lowest BCUT2D eigenvalue weighted by Gasteiger charge is -2.23. The van der Waals surface area contributed by atoms with Crippen LogP contribution >= 0.6 is 11.6 Å². The van der Waals surface area contributed by atoms with Crippen molar-refractivity contribution in [2.75, 3.05) is 26.1 Å². The molecule has 3 heterocycles. The fourth-order valence-corrected chi connectivity index (χ4v) is 5.59. The van der Waals surface area contributed by atoms with Gasteiger partial charge in [0.15, 0.2) is 11.6 Å². The molecule has 3 atom stereocenters. The van der Waals surface area contributed by atoms with E-state index in [1.54, 1.807) is 22.8 Å². The Balaban J connectivity index is 1.79. The van der Waals surface area contributed by atoms with Crippen LogP contribution in [0.1, 0.15) is 57.5 Å². The maximum atomic E-state index is 13.6. The molecule has 1 N–H and O–H groups in total. The van der Waals surface area contributed by atoms with Gasteiger partial charge < -0.3 is 18.9 Å². The minimum absolute atomic E-state index is 0.0603. The van der Waals surface area contributed by atoms with E-state index >= 15 is 0 Å². The molecule has 38 heavy (non-hydrogen) atoms. The van der Waals surface area contributed by atoms with Crippen molar-refractivity contribution in [3.05, 3.63) is 47.3 Å². The summed E-state index contributed by atoms with van der Waals surface area (Å²) in [5.74, 6) is 1.38. The van der Waals surface area contributed by atoms with E-state index in [1.807, 2.05) is 13.8 Å². The number of rotatable bonds is 10. The molecule has 1 unspecified atom stereocenters. The summed E-state index contributed by atoms with van der Waals surface area (Å²) in [5, 5.41) is 7.76. The van der Waals surface area contributed by atoms with Crippen molar-refractivity contribution in [1.29, 1.82) is 0 Å². The maximum absolute atomic E-state index is 13.6. The van der Waals surface area contributed by atoms with Gasteiger partial charge >= 0.3 is 0 Å². The quantitative estimate of drug-likeness (QED) is 0.384. The Morgan fingerprint density at radius 2 is 1.76 bits per heavy atom. The number of nitrogens with zero attached hydrogens (tertiary/aromatic N) is 5. The predicted molar refractivity (Wildman–Crippen MR) is 140 cm³/mol. The van der Waals surface area contributed by atoms with Crippen molar-refractivity contribution in [3.63, 3.8) is 0 Å². The van der Waals surface area contributed by atoms with Crippen LogP contribution in [0.15, 0.2) is 30.6 Å². The van der Waals surface area contributed by atoms with Crippen molar-refractivity contribution in [2.45, 2.75) is 56.7 Å². The van der Waals surface area contributed by atoms with Crippen LogP contribution in [0.5, 0.6) is 11.5 Å². The largest absolute Gasteiger partial charge is 0.494 e.